The highest BCUT2D eigenvalue weighted by molar-refractivity contribution is 5.89. The molecule has 0 unspecified atom stereocenters. The third-order valence-corrected chi connectivity index (χ3v) is 6.92. The number of rotatable bonds is 12. The van der Waals surface area contributed by atoms with Gasteiger partial charge in [-0.2, -0.15) is 0 Å². The van der Waals surface area contributed by atoms with Crippen LogP contribution in [-0.4, -0.2) is 47.9 Å². The molecule has 1 aliphatic carbocycles. The van der Waals surface area contributed by atoms with Crippen molar-refractivity contribution in [3.63, 3.8) is 0 Å². The van der Waals surface area contributed by atoms with Gasteiger partial charge >= 0.3 is 12.1 Å². The van der Waals surface area contributed by atoms with Gasteiger partial charge in [0.2, 0.25) is 5.91 Å². The highest BCUT2D eigenvalue weighted by atomic mass is 16.5. The number of hydrogen-bond acceptors (Lipinski definition) is 5. The van der Waals surface area contributed by atoms with Crippen LogP contribution < -0.4 is 10.6 Å². The molecule has 8 heteroatoms. The quantitative estimate of drug-likeness (QED) is 0.308. The zero-order valence-electron chi connectivity index (χ0n) is 22.1. The summed E-state index contributed by atoms with van der Waals surface area (Å²) in [6.07, 6.45) is -0.615. The van der Waals surface area contributed by atoms with E-state index >= 15 is 0 Å². The molecule has 2 amide bonds. The summed E-state index contributed by atoms with van der Waals surface area (Å²) in [7, 11) is 0. The van der Waals surface area contributed by atoms with Crippen molar-refractivity contribution < 1.29 is 29.0 Å². The van der Waals surface area contributed by atoms with Gasteiger partial charge in [0.15, 0.2) is 6.04 Å². The van der Waals surface area contributed by atoms with Crippen molar-refractivity contribution in [2.75, 3.05) is 6.61 Å². The summed E-state index contributed by atoms with van der Waals surface area (Å²) in [5.41, 5.74) is 5.30. The summed E-state index contributed by atoms with van der Waals surface area (Å²) in [6.45, 7) is 3.79. The first kappa shape index (κ1) is 27.9. The SMILES string of the molecule is CCC[C@H](NC(=O)OCC1c2ccccc2-c2ccccc21)C(=O)N[C@H](C(=O)O)[C@@H](C)OCc1ccccc1. The Hall–Kier alpha value is -4.17. The second kappa shape index (κ2) is 13.1. The lowest BCUT2D eigenvalue weighted by atomic mass is 9.98. The van der Waals surface area contributed by atoms with Gasteiger partial charge in [-0.25, -0.2) is 9.59 Å². The number of carboxylic acid groups (broad SMARTS) is 1. The van der Waals surface area contributed by atoms with Crippen molar-refractivity contribution in [2.45, 2.75) is 57.4 Å². The van der Waals surface area contributed by atoms with E-state index in [0.717, 1.165) is 27.8 Å². The standard InChI is InChI=1S/C31H34N2O6/c1-3-11-27(29(34)33-28(30(35)36)20(2)38-18-21-12-5-4-6-13-21)32-31(37)39-19-26-24-16-9-7-14-22(24)23-15-8-10-17-25(23)26/h4-10,12-17,20,26-28H,3,11,18-19H2,1-2H3,(H,32,37)(H,33,34)(H,35,36)/t20-,27+,28+/m1/s1. The predicted octanol–water partition coefficient (Wildman–Crippen LogP) is 4.87. The summed E-state index contributed by atoms with van der Waals surface area (Å²) >= 11 is 0. The van der Waals surface area contributed by atoms with Crippen LogP contribution in [0, 0.1) is 0 Å². The molecule has 4 rings (SSSR count). The highest BCUT2D eigenvalue weighted by Gasteiger charge is 2.32. The van der Waals surface area contributed by atoms with Crippen LogP contribution in [0.3, 0.4) is 0 Å². The molecule has 0 aromatic heterocycles. The molecule has 0 saturated heterocycles. The predicted molar refractivity (Wildman–Crippen MR) is 147 cm³/mol. The zero-order chi connectivity index (χ0) is 27.8. The minimum Gasteiger partial charge on any atom is -0.480 e. The first-order valence-electron chi connectivity index (χ1n) is 13.2. The number of nitrogens with one attached hydrogen (secondary N) is 2. The Morgan fingerprint density at radius 1 is 0.872 bits per heavy atom. The van der Waals surface area contributed by atoms with Gasteiger partial charge in [-0.3, -0.25) is 4.79 Å². The zero-order valence-corrected chi connectivity index (χ0v) is 22.1. The number of alkyl carbamates (subject to hydrolysis) is 1. The average Bonchev–Trinajstić information content (AvgIpc) is 3.27. The van der Waals surface area contributed by atoms with Crippen LogP contribution in [0.5, 0.6) is 0 Å². The summed E-state index contributed by atoms with van der Waals surface area (Å²) in [5, 5.41) is 14.9. The van der Waals surface area contributed by atoms with E-state index in [1.807, 2.05) is 73.7 Å². The lowest BCUT2D eigenvalue weighted by molar-refractivity contribution is -0.146. The van der Waals surface area contributed by atoms with E-state index in [9.17, 15) is 19.5 Å². The molecule has 3 aromatic carbocycles. The monoisotopic (exact) mass is 530 g/mol. The van der Waals surface area contributed by atoms with Crippen LogP contribution in [0.4, 0.5) is 4.79 Å². The Balaban J connectivity index is 1.35. The Labute approximate surface area is 228 Å². The molecule has 0 heterocycles. The van der Waals surface area contributed by atoms with Crippen LogP contribution in [-0.2, 0) is 25.7 Å². The van der Waals surface area contributed by atoms with E-state index in [4.69, 9.17) is 9.47 Å². The number of aliphatic carboxylic acids is 1. The Bertz CT molecular complexity index is 1250. The molecule has 0 radical (unpaired) electrons. The molecule has 3 N–H and O–H groups in total. The molecule has 3 atom stereocenters. The number of amides is 2. The van der Waals surface area contributed by atoms with Gasteiger partial charge in [-0.05, 0) is 41.2 Å². The van der Waals surface area contributed by atoms with Crippen LogP contribution in [0.1, 0.15) is 49.3 Å². The van der Waals surface area contributed by atoms with E-state index in [0.29, 0.717) is 12.8 Å². The molecular weight excluding hydrogens is 496 g/mol. The number of hydrogen-bond donors (Lipinski definition) is 3. The topological polar surface area (TPSA) is 114 Å². The van der Waals surface area contributed by atoms with E-state index < -0.39 is 36.2 Å². The van der Waals surface area contributed by atoms with Crippen LogP contribution in [0.2, 0.25) is 0 Å². The van der Waals surface area contributed by atoms with Crippen LogP contribution in [0.15, 0.2) is 78.9 Å². The number of carboxylic acids is 1. The van der Waals surface area contributed by atoms with Gasteiger partial charge in [-0.15, -0.1) is 0 Å². The summed E-state index contributed by atoms with van der Waals surface area (Å²) in [5.74, 6) is -1.94. The van der Waals surface area contributed by atoms with E-state index in [-0.39, 0.29) is 19.1 Å². The molecule has 8 nitrogen and oxygen atoms in total. The molecule has 204 valence electrons. The Morgan fingerprint density at radius 2 is 1.46 bits per heavy atom. The van der Waals surface area contributed by atoms with E-state index in [2.05, 4.69) is 22.8 Å². The van der Waals surface area contributed by atoms with E-state index in [1.165, 1.54) is 0 Å². The van der Waals surface area contributed by atoms with E-state index in [1.54, 1.807) is 6.92 Å². The lowest BCUT2D eigenvalue weighted by Crippen LogP contribution is -2.55. The molecule has 0 spiro atoms. The van der Waals surface area contributed by atoms with Crippen molar-refractivity contribution in [1.29, 1.82) is 0 Å². The van der Waals surface area contributed by atoms with Crippen LogP contribution >= 0.6 is 0 Å². The van der Waals surface area contributed by atoms with Crippen molar-refractivity contribution in [3.05, 3.63) is 95.6 Å². The van der Waals surface area contributed by atoms with Gasteiger partial charge in [-0.1, -0.05) is 92.2 Å². The first-order chi connectivity index (χ1) is 18.9. The number of ether oxygens (including phenoxy) is 2. The van der Waals surface area contributed by atoms with Crippen molar-refractivity contribution >= 4 is 18.0 Å². The Kier molecular flexibility index (Phi) is 9.33. The summed E-state index contributed by atoms with van der Waals surface area (Å²) in [4.78, 5) is 37.8. The maximum Gasteiger partial charge on any atom is 0.407 e. The third kappa shape index (κ3) is 6.83. The fraction of sp³-hybridized carbons (Fsp3) is 0.323. The fourth-order valence-electron chi connectivity index (χ4n) is 4.87. The number of carbonyl (C=O) groups excluding carboxylic acids is 2. The summed E-state index contributed by atoms with van der Waals surface area (Å²) in [6, 6.07) is 23.2. The molecule has 39 heavy (non-hydrogen) atoms. The maximum atomic E-state index is 13.0. The molecule has 0 saturated carbocycles. The van der Waals surface area contributed by atoms with Gasteiger partial charge in [0.1, 0.15) is 12.6 Å². The average molecular weight is 531 g/mol. The largest absolute Gasteiger partial charge is 0.480 e. The smallest absolute Gasteiger partial charge is 0.407 e. The van der Waals surface area contributed by atoms with Crippen LogP contribution in [0.25, 0.3) is 11.1 Å². The van der Waals surface area contributed by atoms with Gasteiger partial charge in [0.05, 0.1) is 12.7 Å². The maximum absolute atomic E-state index is 13.0. The molecule has 0 aliphatic heterocycles. The normalized spacial score (nSPS) is 14.4. The first-order valence-corrected chi connectivity index (χ1v) is 13.2. The van der Waals surface area contributed by atoms with Crippen molar-refractivity contribution in [2.24, 2.45) is 0 Å². The second-order valence-corrected chi connectivity index (χ2v) is 9.64. The highest BCUT2D eigenvalue weighted by Crippen LogP contribution is 2.44. The van der Waals surface area contributed by atoms with Gasteiger partial charge < -0.3 is 25.2 Å². The second-order valence-electron chi connectivity index (χ2n) is 9.64. The number of fused-ring (bicyclic) bond motifs is 3. The molecule has 0 fully saturated rings. The molecule has 0 bridgehead atoms. The number of carbonyl (C=O) groups is 3. The fourth-order valence-corrected chi connectivity index (χ4v) is 4.87. The van der Waals surface area contributed by atoms with Crippen molar-refractivity contribution in [1.82, 2.24) is 10.6 Å². The Morgan fingerprint density at radius 3 is 2.05 bits per heavy atom. The molecule has 3 aromatic rings. The van der Waals surface area contributed by atoms with Gasteiger partial charge in [0.25, 0.3) is 0 Å². The molecular formula is C31H34N2O6. The summed E-state index contributed by atoms with van der Waals surface area (Å²) < 4.78 is 11.3. The van der Waals surface area contributed by atoms with Gasteiger partial charge in [0, 0.05) is 5.92 Å². The number of benzene rings is 3. The molecule has 1 aliphatic rings. The minimum absolute atomic E-state index is 0.111. The van der Waals surface area contributed by atoms with Crippen molar-refractivity contribution in [3.8, 4) is 11.1 Å². The third-order valence-electron chi connectivity index (χ3n) is 6.92. The lowest BCUT2D eigenvalue weighted by Gasteiger charge is -2.25. The minimum atomic E-state index is -1.29.